The average molecular weight is 343 g/mol. The van der Waals surface area contributed by atoms with Gasteiger partial charge in [0.25, 0.3) is 0 Å². The second kappa shape index (κ2) is 20.0. The van der Waals surface area contributed by atoms with Crippen LogP contribution < -0.4 is 0 Å². The van der Waals surface area contributed by atoms with Crippen molar-refractivity contribution in [1.29, 1.82) is 0 Å². The molecule has 25 heavy (non-hydrogen) atoms. The summed E-state index contributed by atoms with van der Waals surface area (Å²) in [4.78, 5) is 11.1. The van der Waals surface area contributed by atoms with Crippen LogP contribution in [0.25, 0.3) is 0 Å². The van der Waals surface area contributed by atoms with Gasteiger partial charge in [0.2, 0.25) is 0 Å². The van der Waals surface area contributed by atoms with Crippen LogP contribution in [-0.4, -0.2) is 12.6 Å². The number of ether oxygens (including phenoxy) is 1. The Morgan fingerprint density at radius 2 is 1.36 bits per heavy atom. The second-order valence-corrected chi connectivity index (χ2v) is 5.77. The Morgan fingerprint density at radius 1 is 0.800 bits per heavy atom. The zero-order chi connectivity index (χ0) is 18.4. The standard InChI is InChI=1S/C23H34O2/c1-3-5-6-7-8-9-10-11-12-13-14-15-16-17-18-19-20-21-23(24)25-22-4-2/h4,12-21H,2-3,5-11,22H2,1H3. The van der Waals surface area contributed by atoms with E-state index in [0.717, 1.165) is 6.42 Å². The predicted octanol–water partition coefficient (Wildman–Crippen LogP) is 6.64. The minimum atomic E-state index is -0.362. The lowest BCUT2D eigenvalue weighted by Gasteiger charge is -1.98. The van der Waals surface area contributed by atoms with Gasteiger partial charge in [0.05, 0.1) is 0 Å². The van der Waals surface area contributed by atoms with Crippen molar-refractivity contribution in [3.05, 3.63) is 73.4 Å². The molecule has 0 unspecified atom stereocenters. The summed E-state index contributed by atoms with van der Waals surface area (Å²) < 4.78 is 4.81. The number of unbranched alkanes of at least 4 members (excludes halogenated alkanes) is 7. The van der Waals surface area contributed by atoms with E-state index in [-0.39, 0.29) is 12.6 Å². The molecule has 138 valence electrons. The molecule has 2 nitrogen and oxygen atoms in total. The van der Waals surface area contributed by atoms with Crippen LogP contribution in [0.2, 0.25) is 0 Å². The van der Waals surface area contributed by atoms with Gasteiger partial charge in [0, 0.05) is 6.08 Å². The number of hydrogen-bond donors (Lipinski definition) is 0. The molecule has 0 amide bonds. The molecule has 2 heteroatoms. The van der Waals surface area contributed by atoms with Crippen LogP contribution in [0.3, 0.4) is 0 Å². The van der Waals surface area contributed by atoms with Gasteiger partial charge in [-0.2, -0.15) is 0 Å². The van der Waals surface area contributed by atoms with E-state index in [0.29, 0.717) is 0 Å². The minimum Gasteiger partial charge on any atom is -0.458 e. The smallest absolute Gasteiger partial charge is 0.331 e. The first kappa shape index (κ1) is 22.9. The SMILES string of the molecule is C=CCOC(=O)C=CC=CC=CC=CC=CCCCCCCCCC. The van der Waals surface area contributed by atoms with Gasteiger partial charge in [-0.15, -0.1) is 0 Å². The van der Waals surface area contributed by atoms with Crippen molar-refractivity contribution in [2.75, 3.05) is 6.61 Å². The number of esters is 1. The Hall–Kier alpha value is -2.09. The van der Waals surface area contributed by atoms with Gasteiger partial charge in [0.15, 0.2) is 0 Å². The van der Waals surface area contributed by atoms with Crippen LogP contribution in [0, 0.1) is 0 Å². The van der Waals surface area contributed by atoms with E-state index in [1.54, 1.807) is 18.2 Å². The maximum Gasteiger partial charge on any atom is 0.331 e. The number of rotatable bonds is 15. The molecule has 0 heterocycles. The summed E-state index contributed by atoms with van der Waals surface area (Å²) >= 11 is 0. The summed E-state index contributed by atoms with van der Waals surface area (Å²) in [6, 6.07) is 0. The third kappa shape index (κ3) is 19.9. The Balaban J connectivity index is 3.61. The molecule has 0 bridgehead atoms. The second-order valence-electron chi connectivity index (χ2n) is 5.77. The maximum absolute atomic E-state index is 11.1. The highest BCUT2D eigenvalue weighted by Crippen LogP contribution is 2.08. The molecular formula is C23H34O2. The highest BCUT2D eigenvalue weighted by molar-refractivity contribution is 5.82. The fourth-order valence-corrected chi connectivity index (χ4v) is 2.10. The quantitative estimate of drug-likeness (QED) is 0.110. The number of carbonyl (C=O) groups is 1. The predicted molar refractivity (Wildman–Crippen MR) is 109 cm³/mol. The number of hydrogen-bond acceptors (Lipinski definition) is 2. The van der Waals surface area contributed by atoms with Crippen LogP contribution in [0.4, 0.5) is 0 Å². The van der Waals surface area contributed by atoms with Gasteiger partial charge >= 0.3 is 5.97 Å². The zero-order valence-corrected chi connectivity index (χ0v) is 15.7. The van der Waals surface area contributed by atoms with E-state index in [2.05, 4.69) is 25.7 Å². The highest BCUT2D eigenvalue weighted by Gasteiger charge is 1.90. The van der Waals surface area contributed by atoms with Crippen molar-refractivity contribution in [2.24, 2.45) is 0 Å². The van der Waals surface area contributed by atoms with Crippen LogP contribution in [0.15, 0.2) is 73.4 Å². The molecule has 0 aromatic rings. The molecule has 0 aromatic carbocycles. The first-order valence-electron chi connectivity index (χ1n) is 9.42. The minimum absolute atomic E-state index is 0.240. The lowest BCUT2D eigenvalue weighted by atomic mass is 10.1. The van der Waals surface area contributed by atoms with Crippen molar-refractivity contribution in [3.63, 3.8) is 0 Å². The van der Waals surface area contributed by atoms with Gasteiger partial charge in [-0.1, -0.05) is 113 Å². The van der Waals surface area contributed by atoms with Gasteiger partial charge < -0.3 is 4.74 Å². The third-order valence-corrected chi connectivity index (χ3v) is 3.46. The normalized spacial score (nSPS) is 12.4. The molecule has 0 aliphatic carbocycles. The summed E-state index contributed by atoms with van der Waals surface area (Å²) in [5.41, 5.74) is 0. The molecule has 0 fully saturated rings. The van der Waals surface area contributed by atoms with Gasteiger partial charge in [-0.25, -0.2) is 4.79 Å². The third-order valence-electron chi connectivity index (χ3n) is 3.46. The summed E-state index contributed by atoms with van der Waals surface area (Å²) in [7, 11) is 0. The first-order chi connectivity index (χ1) is 12.3. The first-order valence-corrected chi connectivity index (χ1v) is 9.42. The fourth-order valence-electron chi connectivity index (χ4n) is 2.10. The van der Waals surface area contributed by atoms with Crippen molar-refractivity contribution >= 4 is 5.97 Å². The molecule has 0 aliphatic rings. The fraction of sp³-hybridized carbons (Fsp3) is 0.435. The largest absolute Gasteiger partial charge is 0.458 e. The molecule has 0 spiro atoms. The Labute approximate surface area is 154 Å². The monoisotopic (exact) mass is 342 g/mol. The summed E-state index contributed by atoms with van der Waals surface area (Å²) in [5, 5.41) is 0. The van der Waals surface area contributed by atoms with E-state index in [4.69, 9.17) is 4.74 Å². The molecule has 0 N–H and O–H groups in total. The van der Waals surface area contributed by atoms with Crippen molar-refractivity contribution in [1.82, 2.24) is 0 Å². The van der Waals surface area contributed by atoms with E-state index >= 15 is 0 Å². The van der Waals surface area contributed by atoms with Gasteiger partial charge in [0.1, 0.15) is 6.61 Å². The lowest BCUT2D eigenvalue weighted by molar-refractivity contribution is -0.136. The van der Waals surface area contributed by atoms with Crippen LogP contribution in [-0.2, 0) is 9.53 Å². The van der Waals surface area contributed by atoms with Gasteiger partial charge in [-0.3, -0.25) is 0 Å². The van der Waals surface area contributed by atoms with E-state index in [1.807, 2.05) is 30.4 Å². The van der Waals surface area contributed by atoms with Crippen molar-refractivity contribution in [3.8, 4) is 0 Å². The molecule has 0 saturated heterocycles. The molecular weight excluding hydrogens is 308 g/mol. The van der Waals surface area contributed by atoms with E-state index < -0.39 is 0 Å². The Morgan fingerprint density at radius 3 is 2.00 bits per heavy atom. The lowest BCUT2D eigenvalue weighted by Crippen LogP contribution is -1.99. The van der Waals surface area contributed by atoms with Crippen LogP contribution >= 0.6 is 0 Å². The molecule has 0 saturated carbocycles. The topological polar surface area (TPSA) is 26.3 Å². The number of allylic oxidation sites excluding steroid dienone is 9. The maximum atomic E-state index is 11.1. The molecule has 0 rings (SSSR count). The van der Waals surface area contributed by atoms with E-state index in [1.165, 1.54) is 51.0 Å². The van der Waals surface area contributed by atoms with Gasteiger partial charge in [-0.05, 0) is 12.8 Å². The highest BCUT2D eigenvalue weighted by atomic mass is 16.5. The summed E-state index contributed by atoms with van der Waals surface area (Å²) in [6.45, 7) is 5.97. The molecule has 0 atom stereocenters. The summed E-state index contributed by atoms with van der Waals surface area (Å²) in [6.07, 6.45) is 31.1. The number of carbonyl (C=O) groups excluding carboxylic acids is 1. The van der Waals surface area contributed by atoms with Crippen LogP contribution in [0.1, 0.15) is 58.3 Å². The van der Waals surface area contributed by atoms with Crippen LogP contribution in [0.5, 0.6) is 0 Å². The zero-order valence-electron chi connectivity index (χ0n) is 15.7. The molecule has 0 aromatic heterocycles. The molecule has 0 radical (unpaired) electrons. The van der Waals surface area contributed by atoms with E-state index in [9.17, 15) is 4.79 Å². The summed E-state index contributed by atoms with van der Waals surface area (Å²) in [5.74, 6) is -0.362. The average Bonchev–Trinajstić information content (AvgIpc) is 2.62. The Kier molecular flexibility index (Phi) is 18.3. The van der Waals surface area contributed by atoms with Crippen molar-refractivity contribution in [2.45, 2.75) is 58.3 Å². The Bertz CT molecular complexity index is 464. The molecule has 0 aliphatic heterocycles. The van der Waals surface area contributed by atoms with Crippen molar-refractivity contribution < 1.29 is 9.53 Å².